The summed E-state index contributed by atoms with van der Waals surface area (Å²) < 4.78 is 16.2. The standard InChI is InChI=1S/C25H26N2O5/c1-13(2)16-10-17(14(3)7-21(16)28)20-11-18(19(12-26)25(29)27-20)15-8-22(30-4)24(32-6)23(9-15)31-5/h7-11,13,28H,1-6H3,(H,27,29). The Labute approximate surface area is 186 Å². The number of H-pyrrole nitrogens is 1. The Bertz CT molecular complexity index is 1240. The van der Waals surface area contributed by atoms with Gasteiger partial charge < -0.3 is 24.3 Å². The van der Waals surface area contributed by atoms with Crippen LogP contribution in [0.5, 0.6) is 23.0 Å². The highest BCUT2D eigenvalue weighted by Gasteiger charge is 2.20. The molecule has 0 saturated carbocycles. The van der Waals surface area contributed by atoms with Crippen molar-refractivity contribution in [1.29, 1.82) is 5.26 Å². The van der Waals surface area contributed by atoms with Crippen molar-refractivity contribution < 1.29 is 19.3 Å². The van der Waals surface area contributed by atoms with Crippen LogP contribution in [-0.2, 0) is 0 Å². The second-order valence-electron chi connectivity index (χ2n) is 7.71. The molecule has 166 valence electrons. The van der Waals surface area contributed by atoms with Gasteiger partial charge in [0.05, 0.1) is 21.3 Å². The van der Waals surface area contributed by atoms with E-state index in [1.807, 2.05) is 32.9 Å². The smallest absolute Gasteiger partial charge is 0.266 e. The molecule has 0 unspecified atom stereocenters. The monoisotopic (exact) mass is 434 g/mol. The molecule has 7 nitrogen and oxygen atoms in total. The fourth-order valence-corrected chi connectivity index (χ4v) is 3.74. The van der Waals surface area contributed by atoms with Crippen molar-refractivity contribution in [2.75, 3.05) is 21.3 Å². The number of hydrogen-bond donors (Lipinski definition) is 2. The molecule has 0 atom stereocenters. The van der Waals surface area contributed by atoms with E-state index >= 15 is 0 Å². The second kappa shape index (κ2) is 9.06. The lowest BCUT2D eigenvalue weighted by molar-refractivity contribution is 0.324. The van der Waals surface area contributed by atoms with Crippen LogP contribution in [-0.4, -0.2) is 31.4 Å². The first-order valence-corrected chi connectivity index (χ1v) is 10.1. The summed E-state index contributed by atoms with van der Waals surface area (Å²) in [6, 6.07) is 10.7. The first-order chi connectivity index (χ1) is 15.2. The molecule has 3 aromatic rings. The summed E-state index contributed by atoms with van der Waals surface area (Å²) in [6.07, 6.45) is 0. The topological polar surface area (TPSA) is 105 Å². The maximum absolute atomic E-state index is 12.9. The summed E-state index contributed by atoms with van der Waals surface area (Å²) in [7, 11) is 4.51. The minimum atomic E-state index is -0.507. The predicted molar refractivity (Wildman–Crippen MR) is 123 cm³/mol. The highest BCUT2D eigenvalue weighted by molar-refractivity contribution is 5.79. The van der Waals surface area contributed by atoms with Crippen molar-refractivity contribution in [1.82, 2.24) is 4.98 Å². The lowest BCUT2D eigenvalue weighted by atomic mass is 9.93. The number of aryl methyl sites for hydroxylation is 1. The predicted octanol–water partition coefficient (Wildman–Crippen LogP) is 4.74. The van der Waals surface area contributed by atoms with Gasteiger partial charge >= 0.3 is 0 Å². The van der Waals surface area contributed by atoms with E-state index in [4.69, 9.17) is 14.2 Å². The molecule has 0 aliphatic heterocycles. The quantitative estimate of drug-likeness (QED) is 0.580. The van der Waals surface area contributed by atoms with Gasteiger partial charge in [-0.3, -0.25) is 4.79 Å². The SMILES string of the molecule is COc1cc(-c2cc(-c3cc(C(C)C)c(O)cc3C)[nH]c(=O)c2C#N)cc(OC)c1OC. The molecule has 2 N–H and O–H groups in total. The molecular weight excluding hydrogens is 408 g/mol. The van der Waals surface area contributed by atoms with Crippen LogP contribution in [0.1, 0.15) is 36.5 Å². The maximum Gasteiger partial charge on any atom is 0.266 e. The summed E-state index contributed by atoms with van der Waals surface area (Å²) in [4.78, 5) is 15.7. The average Bonchev–Trinajstić information content (AvgIpc) is 2.77. The van der Waals surface area contributed by atoms with Gasteiger partial charge in [0.1, 0.15) is 17.4 Å². The molecule has 1 heterocycles. The maximum atomic E-state index is 12.9. The van der Waals surface area contributed by atoms with E-state index in [-0.39, 0.29) is 17.2 Å². The number of phenols is 1. The molecule has 7 heteroatoms. The van der Waals surface area contributed by atoms with Gasteiger partial charge in [-0.1, -0.05) is 13.8 Å². The minimum absolute atomic E-state index is 0.0245. The van der Waals surface area contributed by atoms with Crippen molar-refractivity contribution >= 4 is 0 Å². The molecule has 1 aromatic heterocycles. The van der Waals surface area contributed by atoms with Gasteiger partial charge in [0.25, 0.3) is 5.56 Å². The van der Waals surface area contributed by atoms with Crippen molar-refractivity contribution in [3.05, 3.63) is 57.4 Å². The number of pyridine rings is 1. The molecule has 0 aliphatic rings. The van der Waals surface area contributed by atoms with E-state index in [1.54, 1.807) is 24.3 Å². The second-order valence-corrected chi connectivity index (χ2v) is 7.71. The minimum Gasteiger partial charge on any atom is -0.508 e. The van der Waals surface area contributed by atoms with Crippen molar-refractivity contribution in [2.45, 2.75) is 26.7 Å². The normalized spacial score (nSPS) is 10.7. The average molecular weight is 434 g/mol. The zero-order valence-corrected chi connectivity index (χ0v) is 19.0. The number of aromatic hydroxyl groups is 1. The van der Waals surface area contributed by atoms with Crippen LogP contribution in [0.15, 0.2) is 35.1 Å². The number of nitriles is 1. The lowest BCUT2D eigenvalue weighted by Crippen LogP contribution is -2.13. The van der Waals surface area contributed by atoms with Crippen LogP contribution < -0.4 is 19.8 Å². The highest BCUT2D eigenvalue weighted by atomic mass is 16.5. The van der Waals surface area contributed by atoms with Gasteiger partial charge in [0, 0.05) is 16.8 Å². The molecule has 0 saturated heterocycles. The summed E-state index contributed by atoms with van der Waals surface area (Å²) in [6.45, 7) is 5.82. The van der Waals surface area contributed by atoms with Gasteiger partial charge in [-0.05, 0) is 59.9 Å². The number of aromatic amines is 1. The van der Waals surface area contributed by atoms with E-state index in [9.17, 15) is 15.2 Å². The third-order valence-electron chi connectivity index (χ3n) is 5.41. The van der Waals surface area contributed by atoms with Crippen LogP contribution in [0, 0.1) is 18.3 Å². The number of aromatic nitrogens is 1. The molecule has 0 fully saturated rings. The molecule has 0 radical (unpaired) electrons. The molecule has 0 spiro atoms. The van der Waals surface area contributed by atoms with E-state index in [0.717, 1.165) is 16.7 Å². The van der Waals surface area contributed by atoms with Gasteiger partial charge in [0.15, 0.2) is 11.5 Å². The van der Waals surface area contributed by atoms with E-state index in [2.05, 4.69) is 4.98 Å². The Morgan fingerprint density at radius 3 is 2.09 bits per heavy atom. The van der Waals surface area contributed by atoms with Crippen LogP contribution in [0.25, 0.3) is 22.4 Å². The summed E-state index contributed by atoms with van der Waals surface area (Å²) in [5.41, 5.74) is 3.34. The molecule has 0 bridgehead atoms. The fraction of sp³-hybridized carbons (Fsp3) is 0.280. The van der Waals surface area contributed by atoms with Gasteiger partial charge in [0.2, 0.25) is 5.75 Å². The van der Waals surface area contributed by atoms with Crippen LogP contribution in [0.4, 0.5) is 0 Å². The summed E-state index contributed by atoms with van der Waals surface area (Å²) in [5, 5.41) is 20.0. The van der Waals surface area contributed by atoms with Crippen LogP contribution >= 0.6 is 0 Å². The van der Waals surface area contributed by atoms with Crippen molar-refractivity contribution in [3.63, 3.8) is 0 Å². The van der Waals surface area contributed by atoms with Crippen LogP contribution in [0.3, 0.4) is 0 Å². The number of rotatable bonds is 6. The molecular formula is C25H26N2O5. The number of nitrogens with one attached hydrogen (secondary N) is 1. The molecule has 0 aliphatic carbocycles. The van der Waals surface area contributed by atoms with Gasteiger partial charge in [-0.25, -0.2) is 0 Å². The van der Waals surface area contributed by atoms with E-state index in [0.29, 0.717) is 34.1 Å². The number of nitrogens with zero attached hydrogens (tertiary/aromatic N) is 1. The number of methoxy groups -OCH3 is 3. The Hall–Kier alpha value is -3.92. The largest absolute Gasteiger partial charge is 0.508 e. The van der Waals surface area contributed by atoms with Gasteiger partial charge in [-0.15, -0.1) is 0 Å². The molecule has 2 aromatic carbocycles. The first-order valence-electron chi connectivity index (χ1n) is 10.1. The molecule has 3 rings (SSSR count). The molecule has 0 amide bonds. The number of ether oxygens (including phenoxy) is 3. The lowest BCUT2D eigenvalue weighted by Gasteiger charge is -2.16. The Morgan fingerprint density at radius 2 is 1.59 bits per heavy atom. The van der Waals surface area contributed by atoms with Crippen LogP contribution in [0.2, 0.25) is 0 Å². The third kappa shape index (κ3) is 4.00. The Morgan fingerprint density at radius 1 is 0.969 bits per heavy atom. The molecule has 32 heavy (non-hydrogen) atoms. The number of phenolic OH excluding ortho intramolecular Hbond substituents is 1. The third-order valence-corrected chi connectivity index (χ3v) is 5.41. The highest BCUT2D eigenvalue weighted by Crippen LogP contribution is 2.42. The Kier molecular flexibility index (Phi) is 6.45. The van der Waals surface area contributed by atoms with E-state index in [1.165, 1.54) is 21.3 Å². The van der Waals surface area contributed by atoms with Crippen molar-refractivity contribution in [2.24, 2.45) is 0 Å². The summed E-state index contributed by atoms with van der Waals surface area (Å²) in [5.74, 6) is 1.54. The van der Waals surface area contributed by atoms with Gasteiger partial charge in [-0.2, -0.15) is 5.26 Å². The van der Waals surface area contributed by atoms with E-state index < -0.39 is 5.56 Å². The number of benzene rings is 2. The van der Waals surface area contributed by atoms with Crippen molar-refractivity contribution in [3.8, 4) is 51.5 Å². The first kappa shape index (κ1) is 22.8. The fourth-order valence-electron chi connectivity index (χ4n) is 3.74. The zero-order valence-electron chi connectivity index (χ0n) is 19.0. The zero-order chi connectivity index (χ0) is 23.6. The Balaban J connectivity index is 2.33. The number of hydrogen-bond acceptors (Lipinski definition) is 6. The summed E-state index contributed by atoms with van der Waals surface area (Å²) >= 11 is 0.